The van der Waals surface area contributed by atoms with Gasteiger partial charge in [-0.25, -0.2) is 4.98 Å². The predicted octanol–water partition coefficient (Wildman–Crippen LogP) is 3.52. The van der Waals surface area contributed by atoms with Gasteiger partial charge in [-0.1, -0.05) is 18.2 Å². The Kier molecular flexibility index (Phi) is 3.42. The van der Waals surface area contributed by atoms with Crippen LogP contribution < -0.4 is 5.32 Å². The number of carbonyl (C=O) groups excluding carboxylic acids is 1. The molecule has 4 rings (SSSR count). The number of anilines is 1. The van der Waals surface area contributed by atoms with Crippen LogP contribution in [0.5, 0.6) is 0 Å². The van der Waals surface area contributed by atoms with Gasteiger partial charge < -0.3 is 9.73 Å². The molecule has 0 bridgehead atoms. The monoisotopic (exact) mass is 308 g/mol. The van der Waals surface area contributed by atoms with Crippen molar-refractivity contribution in [3.63, 3.8) is 0 Å². The van der Waals surface area contributed by atoms with Crippen LogP contribution in [-0.4, -0.2) is 20.7 Å². The molecule has 0 atom stereocenters. The van der Waals surface area contributed by atoms with Crippen molar-refractivity contribution in [1.29, 1.82) is 0 Å². The predicted molar refractivity (Wildman–Crippen MR) is 85.0 cm³/mol. The van der Waals surface area contributed by atoms with E-state index >= 15 is 0 Å². The first-order valence-corrected chi connectivity index (χ1v) is 7.66. The summed E-state index contributed by atoms with van der Waals surface area (Å²) < 4.78 is 7.30. The van der Waals surface area contributed by atoms with E-state index in [9.17, 15) is 4.79 Å². The van der Waals surface area contributed by atoms with Crippen molar-refractivity contribution in [1.82, 2.24) is 14.8 Å². The lowest BCUT2D eigenvalue weighted by molar-refractivity contribution is 0.102. The third kappa shape index (κ3) is 2.75. The summed E-state index contributed by atoms with van der Waals surface area (Å²) in [6.07, 6.45) is 8.44. The summed E-state index contributed by atoms with van der Waals surface area (Å²) in [5, 5.41) is 7.10. The highest BCUT2D eigenvalue weighted by atomic mass is 16.3. The van der Waals surface area contributed by atoms with Crippen LogP contribution in [-0.2, 0) is 0 Å². The van der Waals surface area contributed by atoms with Crippen LogP contribution in [0.25, 0.3) is 11.5 Å². The summed E-state index contributed by atoms with van der Waals surface area (Å²) in [5.41, 5.74) is 1.76. The van der Waals surface area contributed by atoms with E-state index in [4.69, 9.17) is 4.42 Å². The molecule has 1 amide bonds. The molecule has 6 nitrogen and oxygen atoms in total. The summed E-state index contributed by atoms with van der Waals surface area (Å²) >= 11 is 0. The second-order valence-corrected chi connectivity index (χ2v) is 5.65. The van der Waals surface area contributed by atoms with Crippen LogP contribution in [0.4, 0.5) is 5.69 Å². The minimum absolute atomic E-state index is 0.250. The van der Waals surface area contributed by atoms with Crippen LogP contribution >= 0.6 is 0 Å². The van der Waals surface area contributed by atoms with E-state index in [-0.39, 0.29) is 11.6 Å². The lowest BCUT2D eigenvalue weighted by atomic mass is 9.93. The van der Waals surface area contributed by atoms with E-state index < -0.39 is 0 Å². The fraction of sp³-hybridized carbons (Fsp3) is 0.235. The Morgan fingerprint density at radius 3 is 2.83 bits per heavy atom. The number of benzene rings is 1. The average Bonchev–Trinajstić information content (AvgIpc) is 3.16. The molecule has 116 valence electrons. The van der Waals surface area contributed by atoms with Crippen molar-refractivity contribution < 1.29 is 9.21 Å². The van der Waals surface area contributed by atoms with Crippen LogP contribution in [0.2, 0.25) is 0 Å². The molecule has 6 heteroatoms. The molecule has 1 saturated carbocycles. The van der Waals surface area contributed by atoms with Gasteiger partial charge >= 0.3 is 0 Å². The topological polar surface area (TPSA) is 73.0 Å². The van der Waals surface area contributed by atoms with Gasteiger partial charge in [0.15, 0.2) is 5.69 Å². The van der Waals surface area contributed by atoms with Gasteiger partial charge in [-0.3, -0.25) is 9.48 Å². The number of carbonyl (C=O) groups is 1. The van der Waals surface area contributed by atoms with Gasteiger partial charge in [0.1, 0.15) is 6.26 Å². The number of rotatable bonds is 4. The van der Waals surface area contributed by atoms with Gasteiger partial charge in [-0.15, -0.1) is 0 Å². The quantitative estimate of drug-likeness (QED) is 0.800. The Hall–Kier alpha value is -2.89. The fourth-order valence-corrected chi connectivity index (χ4v) is 2.54. The largest absolute Gasteiger partial charge is 0.444 e. The molecule has 3 aromatic rings. The molecule has 1 aliphatic carbocycles. The summed E-state index contributed by atoms with van der Waals surface area (Å²) in [6, 6.07) is 9.95. The number of nitrogens with zero attached hydrogens (tertiary/aromatic N) is 3. The number of aromatic nitrogens is 3. The molecule has 2 heterocycles. The molecule has 0 spiro atoms. The van der Waals surface area contributed by atoms with Crippen molar-refractivity contribution in [3.05, 3.63) is 54.7 Å². The number of amides is 1. The normalized spacial score (nSPS) is 14.4. The van der Waals surface area contributed by atoms with Gasteiger partial charge in [-0.2, -0.15) is 5.10 Å². The first kappa shape index (κ1) is 13.8. The molecule has 23 heavy (non-hydrogen) atoms. The first-order chi connectivity index (χ1) is 11.3. The molecule has 0 saturated heterocycles. The lowest BCUT2D eigenvalue weighted by Crippen LogP contribution is -2.17. The Balaban J connectivity index is 1.47. The smallest absolute Gasteiger partial charge is 0.277 e. The highest BCUT2D eigenvalue weighted by Gasteiger charge is 2.20. The Morgan fingerprint density at radius 2 is 2.09 bits per heavy atom. The Labute approximate surface area is 133 Å². The van der Waals surface area contributed by atoms with Gasteiger partial charge in [0.2, 0.25) is 5.89 Å². The van der Waals surface area contributed by atoms with Crippen molar-refractivity contribution in [2.24, 2.45) is 0 Å². The van der Waals surface area contributed by atoms with Gasteiger partial charge in [-0.05, 0) is 31.4 Å². The summed E-state index contributed by atoms with van der Waals surface area (Å²) in [6.45, 7) is 0. The Bertz CT molecular complexity index is 818. The number of hydrogen-bond donors (Lipinski definition) is 1. The molecule has 1 fully saturated rings. The third-order valence-corrected chi connectivity index (χ3v) is 4.07. The average molecular weight is 308 g/mol. The molecule has 1 aromatic carbocycles. The van der Waals surface area contributed by atoms with Crippen LogP contribution in [0.1, 0.15) is 35.8 Å². The minimum atomic E-state index is -0.302. The van der Waals surface area contributed by atoms with Gasteiger partial charge in [0.25, 0.3) is 5.91 Å². The second-order valence-electron chi connectivity index (χ2n) is 5.65. The van der Waals surface area contributed by atoms with E-state index in [0.29, 0.717) is 17.6 Å². The van der Waals surface area contributed by atoms with Crippen LogP contribution in [0.15, 0.2) is 53.4 Å². The standard InChI is InChI=1S/C17H16N4O2/c22-16(19-13-9-18-21(10-13)14-7-4-8-14)15-11-23-17(20-15)12-5-2-1-3-6-12/h1-3,5-6,9-11,14H,4,7-8H2,(H,19,22). The summed E-state index contributed by atoms with van der Waals surface area (Å²) in [5.74, 6) is 0.130. The fourth-order valence-electron chi connectivity index (χ4n) is 2.54. The maximum atomic E-state index is 12.3. The molecule has 0 radical (unpaired) electrons. The van der Waals surface area contributed by atoms with Crippen molar-refractivity contribution in [2.45, 2.75) is 25.3 Å². The van der Waals surface area contributed by atoms with Crippen molar-refractivity contribution >= 4 is 11.6 Å². The first-order valence-electron chi connectivity index (χ1n) is 7.66. The van der Waals surface area contributed by atoms with Crippen LogP contribution in [0.3, 0.4) is 0 Å². The highest BCUT2D eigenvalue weighted by Crippen LogP contribution is 2.31. The minimum Gasteiger partial charge on any atom is -0.444 e. The molecular weight excluding hydrogens is 292 g/mol. The molecule has 0 aliphatic heterocycles. The van der Waals surface area contributed by atoms with E-state index in [1.807, 2.05) is 41.2 Å². The molecule has 1 N–H and O–H groups in total. The molecular formula is C17H16N4O2. The maximum absolute atomic E-state index is 12.3. The SMILES string of the molecule is O=C(Nc1cnn(C2CCC2)c1)c1coc(-c2ccccc2)n1. The molecule has 0 unspecified atom stereocenters. The number of oxazole rings is 1. The molecule has 2 aromatic heterocycles. The van der Waals surface area contributed by atoms with E-state index in [1.165, 1.54) is 12.7 Å². The lowest BCUT2D eigenvalue weighted by Gasteiger charge is -2.25. The zero-order chi connectivity index (χ0) is 15.6. The molecule has 1 aliphatic rings. The summed E-state index contributed by atoms with van der Waals surface area (Å²) in [7, 11) is 0. The highest BCUT2D eigenvalue weighted by molar-refractivity contribution is 6.02. The zero-order valence-corrected chi connectivity index (χ0v) is 12.5. The van der Waals surface area contributed by atoms with Gasteiger partial charge in [0.05, 0.1) is 17.9 Å². The van der Waals surface area contributed by atoms with Crippen molar-refractivity contribution in [3.8, 4) is 11.5 Å². The van der Waals surface area contributed by atoms with E-state index in [2.05, 4.69) is 15.4 Å². The zero-order valence-electron chi connectivity index (χ0n) is 12.5. The summed E-state index contributed by atoms with van der Waals surface area (Å²) in [4.78, 5) is 16.5. The second kappa shape index (κ2) is 5.72. The van der Waals surface area contributed by atoms with E-state index in [0.717, 1.165) is 18.4 Å². The van der Waals surface area contributed by atoms with Gasteiger partial charge in [0, 0.05) is 11.8 Å². The van der Waals surface area contributed by atoms with E-state index in [1.54, 1.807) is 6.20 Å². The number of hydrogen-bond acceptors (Lipinski definition) is 4. The number of nitrogens with one attached hydrogen (secondary N) is 1. The van der Waals surface area contributed by atoms with Crippen molar-refractivity contribution in [2.75, 3.05) is 5.32 Å². The van der Waals surface area contributed by atoms with Crippen LogP contribution in [0, 0.1) is 0 Å². The Morgan fingerprint density at radius 1 is 1.26 bits per heavy atom. The maximum Gasteiger partial charge on any atom is 0.277 e. The third-order valence-electron chi connectivity index (χ3n) is 4.07.